The molecule has 4 rings (SSSR count). The molecule has 0 unspecified atom stereocenters. The molecule has 1 aliphatic rings. The molecule has 1 N–H and O–H groups in total. The lowest BCUT2D eigenvalue weighted by Crippen LogP contribution is -2.28. The smallest absolute Gasteiger partial charge is 0.270 e. The van der Waals surface area contributed by atoms with Crippen molar-refractivity contribution in [2.75, 3.05) is 16.8 Å². The SMILES string of the molecule is Cc1cc(NC(=O)COc2ccc(/C=C3\SC(=S)N(c4ccccc4C)C3=O)cc2)ccc1Br. The number of amides is 2. The average molecular weight is 554 g/mol. The van der Waals surface area contributed by atoms with Crippen molar-refractivity contribution in [2.45, 2.75) is 13.8 Å². The second-order valence-corrected chi connectivity index (χ2v) is 10.2. The van der Waals surface area contributed by atoms with E-state index in [0.717, 1.165) is 26.9 Å². The highest BCUT2D eigenvalue weighted by Crippen LogP contribution is 2.37. The summed E-state index contributed by atoms with van der Waals surface area (Å²) in [4.78, 5) is 27.3. The summed E-state index contributed by atoms with van der Waals surface area (Å²) in [5.41, 5.74) is 4.37. The van der Waals surface area contributed by atoms with E-state index in [0.29, 0.717) is 20.7 Å². The number of nitrogens with zero attached hydrogens (tertiary/aromatic N) is 1. The number of ether oxygens (including phenoxy) is 1. The first kappa shape index (κ1) is 24.2. The third-order valence-corrected chi connectivity index (χ3v) is 7.33. The lowest BCUT2D eigenvalue weighted by molar-refractivity contribution is -0.118. The predicted molar refractivity (Wildman–Crippen MR) is 146 cm³/mol. The van der Waals surface area contributed by atoms with E-state index in [9.17, 15) is 9.59 Å². The van der Waals surface area contributed by atoms with Gasteiger partial charge in [-0.3, -0.25) is 14.5 Å². The zero-order valence-electron chi connectivity index (χ0n) is 18.5. The number of carbonyl (C=O) groups excluding carboxylic acids is 2. The van der Waals surface area contributed by atoms with Crippen molar-refractivity contribution < 1.29 is 14.3 Å². The maximum Gasteiger partial charge on any atom is 0.270 e. The van der Waals surface area contributed by atoms with Gasteiger partial charge in [-0.05, 0) is 73.0 Å². The Balaban J connectivity index is 1.37. The van der Waals surface area contributed by atoms with Crippen molar-refractivity contribution in [1.82, 2.24) is 0 Å². The number of thioether (sulfide) groups is 1. The van der Waals surface area contributed by atoms with Crippen molar-refractivity contribution in [2.24, 2.45) is 0 Å². The van der Waals surface area contributed by atoms with Crippen LogP contribution in [0.5, 0.6) is 5.75 Å². The van der Waals surface area contributed by atoms with Crippen LogP contribution < -0.4 is 15.0 Å². The Hall–Kier alpha value is -2.94. The van der Waals surface area contributed by atoms with E-state index < -0.39 is 0 Å². The summed E-state index contributed by atoms with van der Waals surface area (Å²) in [5.74, 6) is 0.182. The Bertz CT molecular complexity index is 1310. The summed E-state index contributed by atoms with van der Waals surface area (Å²) in [6.45, 7) is 3.80. The molecule has 1 heterocycles. The number of carbonyl (C=O) groups is 2. The monoisotopic (exact) mass is 552 g/mol. The van der Waals surface area contributed by atoms with Crippen LogP contribution in [0.25, 0.3) is 6.08 Å². The minimum absolute atomic E-state index is 0.108. The highest BCUT2D eigenvalue weighted by molar-refractivity contribution is 9.10. The number of hydrogen-bond acceptors (Lipinski definition) is 5. The molecule has 1 saturated heterocycles. The number of benzene rings is 3. The molecule has 0 spiro atoms. The maximum absolute atomic E-state index is 13.0. The highest BCUT2D eigenvalue weighted by atomic mass is 79.9. The third-order valence-electron chi connectivity index (χ3n) is 5.14. The first-order valence-corrected chi connectivity index (χ1v) is 12.5. The number of halogens is 1. The number of rotatable bonds is 6. The summed E-state index contributed by atoms with van der Waals surface area (Å²) in [6, 6.07) is 20.5. The van der Waals surface area contributed by atoms with Crippen LogP contribution in [0.3, 0.4) is 0 Å². The van der Waals surface area contributed by atoms with Gasteiger partial charge in [-0.2, -0.15) is 0 Å². The Morgan fingerprint density at radius 1 is 1.09 bits per heavy atom. The predicted octanol–water partition coefficient (Wildman–Crippen LogP) is 6.49. The number of anilines is 2. The Morgan fingerprint density at radius 3 is 2.53 bits per heavy atom. The Morgan fingerprint density at radius 2 is 1.82 bits per heavy atom. The fraction of sp³-hybridized carbons (Fsp3) is 0.115. The molecule has 0 aromatic heterocycles. The first-order valence-electron chi connectivity index (χ1n) is 10.4. The van der Waals surface area contributed by atoms with E-state index in [4.69, 9.17) is 17.0 Å². The number of hydrogen-bond donors (Lipinski definition) is 1. The van der Waals surface area contributed by atoms with E-state index >= 15 is 0 Å². The molecule has 34 heavy (non-hydrogen) atoms. The van der Waals surface area contributed by atoms with Crippen LogP contribution in [0.1, 0.15) is 16.7 Å². The zero-order valence-corrected chi connectivity index (χ0v) is 21.7. The van der Waals surface area contributed by atoms with Gasteiger partial charge in [0.1, 0.15) is 5.75 Å². The molecule has 172 valence electrons. The van der Waals surface area contributed by atoms with E-state index in [1.54, 1.807) is 17.0 Å². The van der Waals surface area contributed by atoms with Gasteiger partial charge >= 0.3 is 0 Å². The molecule has 1 aliphatic heterocycles. The van der Waals surface area contributed by atoms with Gasteiger partial charge in [-0.25, -0.2) is 0 Å². The third kappa shape index (κ3) is 5.58. The van der Waals surface area contributed by atoms with Gasteiger partial charge in [0.2, 0.25) is 0 Å². The van der Waals surface area contributed by atoms with Crippen LogP contribution in [-0.2, 0) is 9.59 Å². The summed E-state index contributed by atoms with van der Waals surface area (Å²) in [7, 11) is 0. The van der Waals surface area contributed by atoms with Crippen LogP contribution in [-0.4, -0.2) is 22.7 Å². The number of nitrogens with one attached hydrogen (secondary N) is 1. The van der Waals surface area contributed by atoms with Crippen molar-refractivity contribution in [3.63, 3.8) is 0 Å². The lowest BCUT2D eigenvalue weighted by Gasteiger charge is -2.16. The summed E-state index contributed by atoms with van der Waals surface area (Å²) < 4.78 is 7.10. The molecular formula is C26H21BrN2O3S2. The van der Waals surface area contributed by atoms with Crippen LogP contribution in [0.2, 0.25) is 0 Å². The van der Waals surface area contributed by atoms with Crippen molar-refractivity contribution >= 4 is 73.5 Å². The molecular weight excluding hydrogens is 532 g/mol. The second kappa shape index (κ2) is 10.5. The summed E-state index contributed by atoms with van der Waals surface area (Å²) in [6.07, 6.45) is 1.81. The van der Waals surface area contributed by atoms with E-state index in [1.807, 2.05) is 74.5 Å². The molecule has 8 heteroatoms. The Labute approximate surface area is 216 Å². The molecule has 3 aromatic carbocycles. The van der Waals surface area contributed by atoms with Crippen molar-refractivity contribution in [1.29, 1.82) is 0 Å². The normalized spacial score (nSPS) is 14.6. The number of aryl methyl sites for hydroxylation is 2. The molecule has 0 bridgehead atoms. The standard InChI is InChI=1S/C26H21BrN2O3S2/c1-16-5-3-4-6-22(16)29-25(31)23(34-26(29)33)14-18-7-10-20(11-8-18)32-15-24(30)28-19-9-12-21(27)17(2)13-19/h3-14H,15H2,1-2H3,(H,28,30)/b23-14-. The number of para-hydroxylation sites is 1. The van der Waals surface area contributed by atoms with Gasteiger partial charge in [0.05, 0.1) is 10.6 Å². The van der Waals surface area contributed by atoms with Gasteiger partial charge in [-0.15, -0.1) is 0 Å². The van der Waals surface area contributed by atoms with Crippen LogP contribution in [0, 0.1) is 13.8 Å². The molecule has 0 radical (unpaired) electrons. The Kier molecular flexibility index (Phi) is 7.50. The minimum atomic E-state index is -0.245. The van der Waals surface area contributed by atoms with Crippen LogP contribution >= 0.6 is 39.9 Å². The molecule has 2 amide bonds. The fourth-order valence-corrected chi connectivity index (χ4v) is 4.90. The topological polar surface area (TPSA) is 58.6 Å². The molecule has 3 aromatic rings. The van der Waals surface area contributed by atoms with E-state index in [-0.39, 0.29) is 18.4 Å². The van der Waals surface area contributed by atoms with Crippen LogP contribution in [0.15, 0.2) is 76.1 Å². The van der Waals surface area contributed by atoms with E-state index in [2.05, 4.69) is 21.2 Å². The maximum atomic E-state index is 13.0. The summed E-state index contributed by atoms with van der Waals surface area (Å²) in [5, 5.41) is 2.82. The summed E-state index contributed by atoms with van der Waals surface area (Å²) >= 11 is 10.2. The largest absolute Gasteiger partial charge is 0.484 e. The van der Waals surface area contributed by atoms with Crippen molar-refractivity contribution in [3.05, 3.63) is 92.8 Å². The quantitative estimate of drug-likeness (QED) is 0.280. The van der Waals surface area contributed by atoms with Gasteiger partial charge in [0.15, 0.2) is 10.9 Å². The minimum Gasteiger partial charge on any atom is -0.484 e. The van der Waals surface area contributed by atoms with Gasteiger partial charge in [0, 0.05) is 10.2 Å². The van der Waals surface area contributed by atoms with Gasteiger partial charge in [-0.1, -0.05) is 70.2 Å². The van der Waals surface area contributed by atoms with Gasteiger partial charge < -0.3 is 10.1 Å². The second-order valence-electron chi connectivity index (χ2n) is 7.67. The van der Waals surface area contributed by atoms with E-state index in [1.165, 1.54) is 11.8 Å². The lowest BCUT2D eigenvalue weighted by atomic mass is 10.1. The highest BCUT2D eigenvalue weighted by Gasteiger charge is 2.33. The zero-order chi connectivity index (χ0) is 24.2. The number of thiocarbonyl (C=S) groups is 1. The average Bonchev–Trinajstić information content (AvgIpc) is 3.09. The van der Waals surface area contributed by atoms with Gasteiger partial charge in [0.25, 0.3) is 11.8 Å². The van der Waals surface area contributed by atoms with Crippen molar-refractivity contribution in [3.8, 4) is 5.75 Å². The molecule has 1 fully saturated rings. The fourth-order valence-electron chi connectivity index (χ4n) is 3.37. The van der Waals surface area contributed by atoms with Crippen LogP contribution in [0.4, 0.5) is 11.4 Å². The molecule has 0 aliphatic carbocycles. The molecule has 5 nitrogen and oxygen atoms in total. The molecule has 0 saturated carbocycles. The molecule has 0 atom stereocenters. The first-order chi connectivity index (χ1) is 16.3.